The summed E-state index contributed by atoms with van der Waals surface area (Å²) in [5.74, 6) is 2.13. The molecule has 1 aromatic carbocycles. The third kappa shape index (κ3) is 6.98. The van der Waals surface area contributed by atoms with Gasteiger partial charge in [0.2, 0.25) is 0 Å². The highest BCUT2D eigenvalue weighted by Gasteiger charge is 2.32. The Kier molecular flexibility index (Phi) is 9.70. The highest BCUT2D eigenvalue weighted by molar-refractivity contribution is 14.0. The summed E-state index contributed by atoms with van der Waals surface area (Å²) in [6.45, 7) is 8.88. The Hall–Kier alpha value is -1.58. The number of furan rings is 1. The van der Waals surface area contributed by atoms with Crippen molar-refractivity contribution in [2.24, 2.45) is 4.99 Å². The minimum atomic E-state index is 0. The number of piperidine rings is 1. The Morgan fingerprint density at radius 3 is 2.47 bits per heavy atom. The third-order valence-corrected chi connectivity index (χ3v) is 7.49. The van der Waals surface area contributed by atoms with Gasteiger partial charge >= 0.3 is 0 Å². The summed E-state index contributed by atoms with van der Waals surface area (Å²) in [5.41, 5.74) is 1.41. The van der Waals surface area contributed by atoms with Crippen molar-refractivity contribution in [2.45, 2.75) is 57.2 Å². The molecule has 3 aliphatic heterocycles. The maximum atomic E-state index is 5.52. The zero-order valence-corrected chi connectivity index (χ0v) is 22.6. The standard InChI is InChI=1S/C27H39N5O.HI/c1-2-7-23(8-3-1)21-30-17-11-24(12-18-30)29-27(28-14-10-26-9-6-20-33-26)32-19-13-25(22-32)31-15-4-5-16-31;/h1-3,6-9,20,24-25H,4-5,10-19,21-22H2,(H,28,29);1H. The normalized spacial score (nSPS) is 22.8. The number of nitrogens with zero attached hydrogens (tertiary/aromatic N) is 4. The van der Waals surface area contributed by atoms with Crippen LogP contribution in [-0.2, 0) is 13.0 Å². The fourth-order valence-corrected chi connectivity index (χ4v) is 5.56. The number of aliphatic imine (C=N–C) groups is 1. The summed E-state index contributed by atoms with van der Waals surface area (Å²) in [5, 5.41) is 3.87. The molecule has 34 heavy (non-hydrogen) atoms. The number of guanidine groups is 1. The van der Waals surface area contributed by atoms with Crippen molar-refractivity contribution in [3.05, 3.63) is 60.1 Å². The SMILES string of the molecule is I.c1ccc(CN2CCC(NC(=NCCc3ccco3)N3CCC(N4CCCC4)C3)CC2)cc1. The number of hydrogen-bond donors (Lipinski definition) is 1. The van der Waals surface area contributed by atoms with Crippen LogP contribution < -0.4 is 5.32 Å². The molecule has 1 aromatic heterocycles. The molecular formula is C27H40IN5O. The minimum absolute atomic E-state index is 0. The third-order valence-electron chi connectivity index (χ3n) is 7.49. The molecule has 3 aliphatic rings. The van der Waals surface area contributed by atoms with Gasteiger partial charge in [-0.3, -0.25) is 14.8 Å². The summed E-state index contributed by atoms with van der Waals surface area (Å²) in [6.07, 6.45) is 8.94. The molecule has 6 nitrogen and oxygen atoms in total. The van der Waals surface area contributed by atoms with Gasteiger partial charge in [-0.1, -0.05) is 30.3 Å². The molecule has 186 valence electrons. The first-order valence-corrected chi connectivity index (χ1v) is 12.9. The minimum Gasteiger partial charge on any atom is -0.469 e. The average molecular weight is 578 g/mol. The van der Waals surface area contributed by atoms with Gasteiger partial charge in [-0.2, -0.15) is 0 Å². The van der Waals surface area contributed by atoms with Crippen LogP contribution in [0, 0.1) is 0 Å². The predicted molar refractivity (Wildman–Crippen MR) is 149 cm³/mol. The van der Waals surface area contributed by atoms with Crippen LogP contribution in [0.4, 0.5) is 0 Å². The Morgan fingerprint density at radius 2 is 1.74 bits per heavy atom. The van der Waals surface area contributed by atoms with Crippen molar-refractivity contribution in [2.75, 3.05) is 45.8 Å². The van der Waals surface area contributed by atoms with Gasteiger partial charge in [-0.05, 0) is 62.9 Å². The topological polar surface area (TPSA) is 47.2 Å². The average Bonchev–Trinajstić information content (AvgIpc) is 3.63. The fourth-order valence-electron chi connectivity index (χ4n) is 5.56. The lowest BCUT2D eigenvalue weighted by Crippen LogP contribution is -2.50. The highest BCUT2D eigenvalue weighted by atomic mass is 127. The molecule has 1 unspecified atom stereocenters. The van der Waals surface area contributed by atoms with Gasteiger partial charge in [0.25, 0.3) is 0 Å². The number of hydrogen-bond acceptors (Lipinski definition) is 4. The zero-order chi connectivity index (χ0) is 22.3. The van der Waals surface area contributed by atoms with Crippen LogP contribution in [0.15, 0.2) is 58.1 Å². The van der Waals surface area contributed by atoms with E-state index in [0.717, 1.165) is 57.4 Å². The Morgan fingerprint density at radius 1 is 0.941 bits per heavy atom. The lowest BCUT2D eigenvalue weighted by Gasteiger charge is -2.34. The second kappa shape index (κ2) is 12.9. The number of halogens is 1. The molecular weight excluding hydrogens is 537 g/mol. The van der Waals surface area contributed by atoms with Crippen LogP contribution in [0.25, 0.3) is 0 Å². The number of likely N-dealkylation sites (tertiary alicyclic amines) is 3. The van der Waals surface area contributed by atoms with Crippen LogP contribution in [0.5, 0.6) is 0 Å². The molecule has 0 aliphatic carbocycles. The largest absolute Gasteiger partial charge is 0.469 e. The first-order valence-electron chi connectivity index (χ1n) is 12.9. The Balaban J connectivity index is 0.00000274. The molecule has 0 spiro atoms. The lowest BCUT2D eigenvalue weighted by atomic mass is 10.0. The molecule has 0 amide bonds. The van der Waals surface area contributed by atoms with Crippen LogP contribution >= 0.6 is 24.0 Å². The first kappa shape index (κ1) is 25.5. The number of rotatable bonds is 7. The summed E-state index contributed by atoms with van der Waals surface area (Å²) in [6, 6.07) is 16.0. The van der Waals surface area contributed by atoms with Gasteiger partial charge in [-0.25, -0.2) is 0 Å². The van der Waals surface area contributed by atoms with E-state index in [1.807, 2.05) is 12.1 Å². The summed E-state index contributed by atoms with van der Waals surface area (Å²) in [7, 11) is 0. The van der Waals surface area contributed by atoms with Gasteiger partial charge in [0.1, 0.15) is 5.76 Å². The second-order valence-corrected chi connectivity index (χ2v) is 9.85. The van der Waals surface area contributed by atoms with Crippen molar-refractivity contribution in [3.8, 4) is 0 Å². The number of benzene rings is 1. The Bertz CT molecular complexity index is 860. The summed E-state index contributed by atoms with van der Waals surface area (Å²) in [4.78, 5) is 12.9. The molecule has 3 saturated heterocycles. The molecule has 0 saturated carbocycles. The molecule has 7 heteroatoms. The summed E-state index contributed by atoms with van der Waals surface area (Å²) >= 11 is 0. The van der Waals surface area contributed by atoms with Crippen LogP contribution in [0.1, 0.15) is 43.4 Å². The van der Waals surface area contributed by atoms with Crippen molar-refractivity contribution in [3.63, 3.8) is 0 Å². The van der Waals surface area contributed by atoms with E-state index in [1.165, 1.54) is 50.8 Å². The van der Waals surface area contributed by atoms with Gasteiger partial charge in [-0.15, -0.1) is 24.0 Å². The van der Waals surface area contributed by atoms with E-state index >= 15 is 0 Å². The predicted octanol–water partition coefficient (Wildman–Crippen LogP) is 4.22. The van der Waals surface area contributed by atoms with E-state index in [9.17, 15) is 0 Å². The van der Waals surface area contributed by atoms with Crippen LogP contribution in [0.3, 0.4) is 0 Å². The van der Waals surface area contributed by atoms with E-state index in [-0.39, 0.29) is 24.0 Å². The van der Waals surface area contributed by atoms with Crippen molar-refractivity contribution >= 4 is 29.9 Å². The molecule has 0 bridgehead atoms. The number of nitrogens with one attached hydrogen (secondary N) is 1. The second-order valence-electron chi connectivity index (χ2n) is 9.85. The Labute approximate surface area is 221 Å². The van der Waals surface area contributed by atoms with E-state index in [2.05, 4.69) is 50.3 Å². The lowest BCUT2D eigenvalue weighted by molar-refractivity contribution is 0.196. The van der Waals surface area contributed by atoms with E-state index < -0.39 is 0 Å². The quantitative estimate of drug-likeness (QED) is 0.304. The summed E-state index contributed by atoms with van der Waals surface area (Å²) < 4.78 is 5.52. The molecule has 0 radical (unpaired) electrons. The van der Waals surface area contributed by atoms with E-state index in [0.29, 0.717) is 12.1 Å². The van der Waals surface area contributed by atoms with Crippen LogP contribution in [0.2, 0.25) is 0 Å². The molecule has 1 N–H and O–H groups in total. The highest BCUT2D eigenvalue weighted by Crippen LogP contribution is 2.21. The molecule has 3 fully saturated rings. The molecule has 1 atom stereocenters. The van der Waals surface area contributed by atoms with Crippen molar-refractivity contribution in [1.82, 2.24) is 20.0 Å². The molecule has 5 rings (SSSR count). The van der Waals surface area contributed by atoms with Gasteiger partial charge in [0.15, 0.2) is 5.96 Å². The van der Waals surface area contributed by atoms with Gasteiger partial charge < -0.3 is 14.6 Å². The smallest absolute Gasteiger partial charge is 0.194 e. The van der Waals surface area contributed by atoms with E-state index in [1.54, 1.807) is 6.26 Å². The van der Waals surface area contributed by atoms with Crippen LogP contribution in [-0.4, -0.2) is 78.6 Å². The zero-order valence-electron chi connectivity index (χ0n) is 20.3. The fraction of sp³-hybridized carbons (Fsp3) is 0.593. The van der Waals surface area contributed by atoms with Crippen molar-refractivity contribution < 1.29 is 4.42 Å². The molecule has 2 aromatic rings. The van der Waals surface area contributed by atoms with Gasteiger partial charge in [0, 0.05) is 57.8 Å². The monoisotopic (exact) mass is 577 g/mol. The van der Waals surface area contributed by atoms with E-state index in [4.69, 9.17) is 9.41 Å². The van der Waals surface area contributed by atoms with Gasteiger partial charge in [0.05, 0.1) is 6.26 Å². The molecule has 4 heterocycles. The maximum absolute atomic E-state index is 5.52. The van der Waals surface area contributed by atoms with Crippen molar-refractivity contribution in [1.29, 1.82) is 0 Å². The first-order chi connectivity index (χ1) is 16.3. The maximum Gasteiger partial charge on any atom is 0.194 e.